The van der Waals surface area contributed by atoms with Gasteiger partial charge in [0.15, 0.2) is 0 Å². The standard InChI is InChI=1S/C13H19N3O2/c1-9-8-16(5-2-6-18-9)13(17)11-4-3-10(14)7-12(11)15/h3-4,7,9H,2,5-6,8,14-15H2,1H3. The first-order valence-corrected chi connectivity index (χ1v) is 6.14. The third-order valence-electron chi connectivity index (χ3n) is 3.05. The fourth-order valence-electron chi connectivity index (χ4n) is 2.13. The monoisotopic (exact) mass is 249 g/mol. The summed E-state index contributed by atoms with van der Waals surface area (Å²) in [6.07, 6.45) is 0.914. The third-order valence-corrected chi connectivity index (χ3v) is 3.05. The molecule has 0 aromatic heterocycles. The van der Waals surface area contributed by atoms with E-state index in [0.717, 1.165) is 6.42 Å². The van der Waals surface area contributed by atoms with Gasteiger partial charge in [0.1, 0.15) is 0 Å². The molecular formula is C13H19N3O2. The van der Waals surface area contributed by atoms with Gasteiger partial charge in [-0.3, -0.25) is 4.79 Å². The molecule has 0 spiro atoms. The highest BCUT2D eigenvalue weighted by atomic mass is 16.5. The van der Waals surface area contributed by atoms with Crippen molar-refractivity contribution in [3.63, 3.8) is 0 Å². The van der Waals surface area contributed by atoms with Gasteiger partial charge in [0.05, 0.1) is 11.7 Å². The van der Waals surface area contributed by atoms with Gasteiger partial charge in [0, 0.05) is 31.1 Å². The summed E-state index contributed by atoms with van der Waals surface area (Å²) < 4.78 is 5.52. The fourth-order valence-corrected chi connectivity index (χ4v) is 2.13. The van der Waals surface area contributed by atoms with E-state index in [1.165, 1.54) is 0 Å². The van der Waals surface area contributed by atoms with Crippen LogP contribution in [-0.4, -0.2) is 36.6 Å². The number of hydrogen-bond donors (Lipinski definition) is 2. The van der Waals surface area contributed by atoms with Crippen molar-refractivity contribution >= 4 is 17.3 Å². The molecule has 4 N–H and O–H groups in total. The van der Waals surface area contributed by atoms with Gasteiger partial charge < -0.3 is 21.1 Å². The van der Waals surface area contributed by atoms with Crippen LogP contribution in [-0.2, 0) is 4.74 Å². The minimum Gasteiger partial charge on any atom is -0.399 e. The van der Waals surface area contributed by atoms with Crippen LogP contribution in [0.15, 0.2) is 18.2 Å². The smallest absolute Gasteiger partial charge is 0.256 e. The van der Waals surface area contributed by atoms with E-state index in [9.17, 15) is 4.79 Å². The van der Waals surface area contributed by atoms with E-state index >= 15 is 0 Å². The molecule has 18 heavy (non-hydrogen) atoms. The van der Waals surface area contributed by atoms with Crippen LogP contribution in [0.4, 0.5) is 11.4 Å². The zero-order valence-electron chi connectivity index (χ0n) is 10.6. The molecule has 1 aromatic carbocycles. The maximum atomic E-state index is 12.4. The lowest BCUT2D eigenvalue weighted by molar-refractivity contribution is 0.0563. The maximum absolute atomic E-state index is 12.4. The zero-order valence-corrected chi connectivity index (χ0v) is 10.6. The molecule has 98 valence electrons. The molecule has 1 saturated heterocycles. The summed E-state index contributed by atoms with van der Waals surface area (Å²) >= 11 is 0. The summed E-state index contributed by atoms with van der Waals surface area (Å²) in [4.78, 5) is 14.2. The second-order valence-corrected chi connectivity index (χ2v) is 4.63. The van der Waals surface area contributed by atoms with Gasteiger partial charge in [-0.2, -0.15) is 0 Å². The number of ether oxygens (including phenoxy) is 1. The van der Waals surface area contributed by atoms with Crippen LogP contribution in [0.5, 0.6) is 0 Å². The average Bonchev–Trinajstić information content (AvgIpc) is 2.53. The van der Waals surface area contributed by atoms with E-state index in [1.54, 1.807) is 23.1 Å². The van der Waals surface area contributed by atoms with E-state index in [1.807, 2.05) is 6.92 Å². The number of nitrogen functional groups attached to an aromatic ring is 2. The molecule has 0 bridgehead atoms. The molecule has 5 heteroatoms. The Kier molecular flexibility index (Phi) is 3.72. The summed E-state index contributed by atoms with van der Waals surface area (Å²) in [5.41, 5.74) is 13.0. The molecule has 5 nitrogen and oxygen atoms in total. The first-order valence-electron chi connectivity index (χ1n) is 6.14. The van der Waals surface area contributed by atoms with E-state index in [-0.39, 0.29) is 12.0 Å². The van der Waals surface area contributed by atoms with Crippen LogP contribution >= 0.6 is 0 Å². The average molecular weight is 249 g/mol. The van der Waals surface area contributed by atoms with E-state index in [0.29, 0.717) is 36.6 Å². The van der Waals surface area contributed by atoms with Crippen molar-refractivity contribution in [3.8, 4) is 0 Å². The van der Waals surface area contributed by atoms with Crippen molar-refractivity contribution in [2.45, 2.75) is 19.4 Å². The second-order valence-electron chi connectivity index (χ2n) is 4.63. The van der Waals surface area contributed by atoms with Crippen LogP contribution in [0.2, 0.25) is 0 Å². The summed E-state index contributed by atoms with van der Waals surface area (Å²) in [5, 5.41) is 0. The Labute approximate surface area is 107 Å². The Morgan fingerprint density at radius 3 is 2.94 bits per heavy atom. The number of anilines is 2. The van der Waals surface area contributed by atoms with Gasteiger partial charge >= 0.3 is 0 Å². The molecule has 1 atom stereocenters. The Morgan fingerprint density at radius 2 is 2.22 bits per heavy atom. The number of nitrogens with two attached hydrogens (primary N) is 2. The van der Waals surface area contributed by atoms with Crippen LogP contribution in [0.1, 0.15) is 23.7 Å². The molecule has 1 aromatic rings. The van der Waals surface area contributed by atoms with Crippen molar-refractivity contribution in [1.29, 1.82) is 0 Å². The van der Waals surface area contributed by atoms with Gasteiger partial charge in [-0.15, -0.1) is 0 Å². The molecule has 1 aliphatic heterocycles. The lowest BCUT2D eigenvalue weighted by Crippen LogP contribution is -2.36. The molecule has 0 aliphatic carbocycles. The molecule has 1 aliphatic rings. The number of hydrogen-bond acceptors (Lipinski definition) is 4. The lowest BCUT2D eigenvalue weighted by Gasteiger charge is -2.22. The Hall–Kier alpha value is -1.75. The van der Waals surface area contributed by atoms with E-state index in [2.05, 4.69) is 0 Å². The quantitative estimate of drug-likeness (QED) is 0.730. The zero-order chi connectivity index (χ0) is 13.1. The van der Waals surface area contributed by atoms with Gasteiger partial charge in [0.25, 0.3) is 5.91 Å². The van der Waals surface area contributed by atoms with Gasteiger partial charge in [-0.1, -0.05) is 0 Å². The minimum absolute atomic E-state index is 0.0511. The molecule has 2 rings (SSSR count). The van der Waals surface area contributed by atoms with Gasteiger partial charge in [-0.05, 0) is 31.5 Å². The van der Waals surface area contributed by atoms with Crippen molar-refractivity contribution in [2.24, 2.45) is 0 Å². The summed E-state index contributed by atoms with van der Waals surface area (Å²) in [5.74, 6) is -0.0511. The number of nitrogens with zero attached hydrogens (tertiary/aromatic N) is 1. The first-order chi connectivity index (χ1) is 8.58. The fraction of sp³-hybridized carbons (Fsp3) is 0.462. The Bertz CT molecular complexity index is 448. The maximum Gasteiger partial charge on any atom is 0.256 e. The summed E-state index contributed by atoms with van der Waals surface area (Å²) in [6, 6.07) is 5.00. The molecular weight excluding hydrogens is 230 g/mol. The van der Waals surface area contributed by atoms with Gasteiger partial charge in [0.2, 0.25) is 0 Å². The predicted octanol–water partition coefficient (Wildman–Crippen LogP) is 1.10. The number of benzene rings is 1. The largest absolute Gasteiger partial charge is 0.399 e. The molecule has 1 unspecified atom stereocenters. The van der Waals surface area contributed by atoms with Crippen molar-refractivity contribution in [1.82, 2.24) is 4.90 Å². The van der Waals surface area contributed by atoms with E-state index in [4.69, 9.17) is 16.2 Å². The summed E-state index contributed by atoms with van der Waals surface area (Å²) in [6.45, 7) is 3.97. The number of carbonyl (C=O) groups is 1. The lowest BCUT2D eigenvalue weighted by atomic mass is 10.1. The number of carbonyl (C=O) groups excluding carboxylic acids is 1. The summed E-state index contributed by atoms with van der Waals surface area (Å²) in [7, 11) is 0. The van der Waals surface area contributed by atoms with Crippen LogP contribution in [0.3, 0.4) is 0 Å². The normalized spacial score (nSPS) is 20.5. The third kappa shape index (κ3) is 2.73. The first kappa shape index (κ1) is 12.7. The molecule has 1 fully saturated rings. The topological polar surface area (TPSA) is 81.6 Å². The van der Waals surface area contributed by atoms with Crippen LogP contribution < -0.4 is 11.5 Å². The minimum atomic E-state index is -0.0511. The van der Waals surface area contributed by atoms with Crippen LogP contribution in [0.25, 0.3) is 0 Å². The highest BCUT2D eigenvalue weighted by Crippen LogP contribution is 2.19. The van der Waals surface area contributed by atoms with Crippen molar-refractivity contribution in [2.75, 3.05) is 31.2 Å². The number of rotatable bonds is 1. The molecule has 1 amide bonds. The SMILES string of the molecule is CC1CN(C(=O)c2ccc(N)cc2N)CCCO1. The predicted molar refractivity (Wildman–Crippen MR) is 71.2 cm³/mol. The highest BCUT2D eigenvalue weighted by Gasteiger charge is 2.22. The Morgan fingerprint density at radius 1 is 1.44 bits per heavy atom. The van der Waals surface area contributed by atoms with Crippen molar-refractivity contribution < 1.29 is 9.53 Å². The Balaban J connectivity index is 2.19. The van der Waals surface area contributed by atoms with Crippen LogP contribution in [0, 0.1) is 0 Å². The molecule has 0 saturated carbocycles. The number of amides is 1. The van der Waals surface area contributed by atoms with E-state index < -0.39 is 0 Å². The second kappa shape index (κ2) is 5.27. The van der Waals surface area contributed by atoms with Crippen molar-refractivity contribution in [3.05, 3.63) is 23.8 Å². The van der Waals surface area contributed by atoms with Gasteiger partial charge in [-0.25, -0.2) is 0 Å². The highest BCUT2D eigenvalue weighted by molar-refractivity contribution is 5.99. The molecule has 0 radical (unpaired) electrons. The molecule has 1 heterocycles.